The molecule has 2 heteroatoms. The van der Waals surface area contributed by atoms with Crippen LogP contribution >= 0.6 is 0 Å². The van der Waals surface area contributed by atoms with E-state index in [1.165, 1.54) is 0 Å². The van der Waals surface area contributed by atoms with Crippen molar-refractivity contribution in [2.45, 2.75) is 67.2 Å². The van der Waals surface area contributed by atoms with Crippen LogP contribution in [0.1, 0.15) is 67.2 Å². The Morgan fingerprint density at radius 2 is 1.72 bits per heavy atom. The van der Waals surface area contributed by atoms with Gasteiger partial charge >= 0.3 is 0 Å². The molecular formula is C16H28O2. The summed E-state index contributed by atoms with van der Waals surface area (Å²) in [6.07, 6.45) is 2.81. The number of Topliss-reactive ketones (excluding diaryl/α,β-unsaturated/α-hetero) is 2. The van der Waals surface area contributed by atoms with Crippen LogP contribution in [0.3, 0.4) is 0 Å². The van der Waals surface area contributed by atoms with E-state index in [4.69, 9.17) is 0 Å². The lowest BCUT2D eigenvalue weighted by Crippen LogP contribution is -2.37. The van der Waals surface area contributed by atoms with Crippen LogP contribution in [0, 0.1) is 22.7 Å². The van der Waals surface area contributed by atoms with Gasteiger partial charge in [-0.2, -0.15) is 0 Å². The van der Waals surface area contributed by atoms with Gasteiger partial charge in [-0.15, -0.1) is 0 Å². The summed E-state index contributed by atoms with van der Waals surface area (Å²) in [6.45, 7) is 12.8. The molecule has 0 bridgehead atoms. The minimum atomic E-state index is -0.331. The highest BCUT2D eigenvalue weighted by molar-refractivity contribution is 6.03. The van der Waals surface area contributed by atoms with E-state index < -0.39 is 0 Å². The van der Waals surface area contributed by atoms with Crippen LogP contribution in [-0.2, 0) is 9.59 Å². The molecule has 1 rings (SSSR count). The fourth-order valence-electron chi connectivity index (χ4n) is 2.77. The average molecular weight is 252 g/mol. The molecule has 104 valence electrons. The summed E-state index contributed by atoms with van der Waals surface area (Å²) in [6, 6.07) is 0. The van der Waals surface area contributed by atoms with Gasteiger partial charge in [0, 0.05) is 12.8 Å². The standard InChI is InChI=1S/C16H28O2/c1-15(2,3)10-14(18)12-9-11(16(4,5)6)7-8-13(12)17/h11-12H,7-10H2,1-6H3. The summed E-state index contributed by atoms with van der Waals surface area (Å²) in [7, 11) is 0. The Kier molecular flexibility index (Phi) is 4.40. The van der Waals surface area contributed by atoms with Gasteiger partial charge in [0.05, 0.1) is 5.92 Å². The van der Waals surface area contributed by atoms with E-state index in [-0.39, 0.29) is 28.3 Å². The van der Waals surface area contributed by atoms with Crippen LogP contribution in [0.4, 0.5) is 0 Å². The lowest BCUT2D eigenvalue weighted by atomic mass is 9.67. The maximum absolute atomic E-state index is 12.3. The molecule has 2 atom stereocenters. The zero-order valence-corrected chi connectivity index (χ0v) is 12.8. The average Bonchev–Trinajstić information content (AvgIpc) is 2.13. The van der Waals surface area contributed by atoms with E-state index in [9.17, 15) is 9.59 Å². The Hall–Kier alpha value is -0.660. The van der Waals surface area contributed by atoms with E-state index in [0.717, 1.165) is 12.8 Å². The second-order valence-electron chi connectivity index (χ2n) is 8.06. The monoisotopic (exact) mass is 252 g/mol. The molecule has 1 saturated carbocycles. The number of carbonyl (C=O) groups is 2. The Morgan fingerprint density at radius 1 is 1.17 bits per heavy atom. The molecule has 0 saturated heterocycles. The van der Waals surface area contributed by atoms with Crippen molar-refractivity contribution in [3.05, 3.63) is 0 Å². The summed E-state index contributed by atoms with van der Waals surface area (Å²) in [5.41, 5.74) is 0.174. The topological polar surface area (TPSA) is 34.1 Å². The van der Waals surface area contributed by atoms with E-state index in [2.05, 4.69) is 41.5 Å². The van der Waals surface area contributed by atoms with E-state index >= 15 is 0 Å². The summed E-state index contributed by atoms with van der Waals surface area (Å²) in [4.78, 5) is 24.2. The van der Waals surface area contributed by atoms with E-state index in [0.29, 0.717) is 18.8 Å². The smallest absolute Gasteiger partial charge is 0.143 e. The molecule has 2 unspecified atom stereocenters. The minimum Gasteiger partial charge on any atom is -0.299 e. The molecule has 0 aliphatic heterocycles. The Labute approximate surface area is 112 Å². The van der Waals surface area contributed by atoms with Crippen LogP contribution in [0.5, 0.6) is 0 Å². The molecule has 0 radical (unpaired) electrons. The molecule has 1 fully saturated rings. The molecule has 0 N–H and O–H groups in total. The third-order valence-corrected chi connectivity index (χ3v) is 3.97. The molecule has 0 heterocycles. The molecule has 18 heavy (non-hydrogen) atoms. The zero-order valence-electron chi connectivity index (χ0n) is 12.8. The lowest BCUT2D eigenvalue weighted by Gasteiger charge is -2.37. The van der Waals surface area contributed by atoms with Crippen molar-refractivity contribution >= 4 is 11.6 Å². The van der Waals surface area contributed by atoms with Crippen LogP contribution in [-0.4, -0.2) is 11.6 Å². The first-order valence-corrected chi connectivity index (χ1v) is 7.06. The highest BCUT2D eigenvalue weighted by Crippen LogP contribution is 2.40. The van der Waals surface area contributed by atoms with Gasteiger partial charge in [-0.05, 0) is 29.6 Å². The highest BCUT2D eigenvalue weighted by Gasteiger charge is 2.38. The summed E-state index contributed by atoms with van der Waals surface area (Å²) in [5, 5.41) is 0. The second-order valence-corrected chi connectivity index (χ2v) is 8.06. The maximum Gasteiger partial charge on any atom is 0.143 e. The Morgan fingerprint density at radius 3 is 2.17 bits per heavy atom. The van der Waals surface area contributed by atoms with Crippen LogP contribution in [0.2, 0.25) is 0 Å². The minimum absolute atomic E-state index is 0.0218. The van der Waals surface area contributed by atoms with Gasteiger partial charge in [-0.1, -0.05) is 41.5 Å². The van der Waals surface area contributed by atoms with E-state index in [1.54, 1.807) is 0 Å². The molecule has 0 aromatic rings. The fourth-order valence-corrected chi connectivity index (χ4v) is 2.77. The Balaban J connectivity index is 2.74. The van der Waals surface area contributed by atoms with Crippen molar-refractivity contribution in [3.8, 4) is 0 Å². The first-order valence-electron chi connectivity index (χ1n) is 7.06. The van der Waals surface area contributed by atoms with Crippen molar-refractivity contribution in [1.82, 2.24) is 0 Å². The second kappa shape index (κ2) is 5.14. The lowest BCUT2D eigenvalue weighted by molar-refractivity contribution is -0.137. The van der Waals surface area contributed by atoms with Crippen molar-refractivity contribution in [2.75, 3.05) is 0 Å². The van der Waals surface area contributed by atoms with Crippen molar-refractivity contribution < 1.29 is 9.59 Å². The molecule has 0 amide bonds. The number of rotatable bonds is 2. The molecular weight excluding hydrogens is 224 g/mol. The summed E-state index contributed by atoms with van der Waals surface area (Å²) in [5.74, 6) is 0.484. The number of carbonyl (C=O) groups excluding carboxylic acids is 2. The SMILES string of the molecule is CC(C)(C)CC(=O)C1CC(C(C)(C)C)CCC1=O. The summed E-state index contributed by atoms with van der Waals surface area (Å²) < 4.78 is 0. The van der Waals surface area contributed by atoms with Gasteiger partial charge in [-0.3, -0.25) is 9.59 Å². The van der Waals surface area contributed by atoms with Crippen LogP contribution in [0.25, 0.3) is 0 Å². The largest absolute Gasteiger partial charge is 0.299 e. The van der Waals surface area contributed by atoms with Gasteiger partial charge in [0.15, 0.2) is 0 Å². The highest BCUT2D eigenvalue weighted by atomic mass is 16.1. The van der Waals surface area contributed by atoms with E-state index in [1.807, 2.05) is 0 Å². The van der Waals surface area contributed by atoms with Crippen molar-refractivity contribution in [1.29, 1.82) is 0 Å². The van der Waals surface area contributed by atoms with Gasteiger partial charge in [0.2, 0.25) is 0 Å². The number of ketones is 2. The van der Waals surface area contributed by atoms with Crippen molar-refractivity contribution in [3.63, 3.8) is 0 Å². The first-order chi connectivity index (χ1) is 8.00. The van der Waals surface area contributed by atoms with Crippen LogP contribution in [0.15, 0.2) is 0 Å². The third-order valence-electron chi connectivity index (χ3n) is 3.97. The quantitative estimate of drug-likeness (QED) is 0.695. The molecule has 0 aromatic heterocycles. The molecule has 2 nitrogen and oxygen atoms in total. The predicted octanol–water partition coefficient (Wildman–Crippen LogP) is 4.02. The molecule has 0 spiro atoms. The van der Waals surface area contributed by atoms with Gasteiger partial charge in [0.1, 0.15) is 11.6 Å². The third kappa shape index (κ3) is 4.22. The normalized spacial score (nSPS) is 26.2. The fraction of sp³-hybridized carbons (Fsp3) is 0.875. The number of hydrogen-bond donors (Lipinski definition) is 0. The zero-order chi connectivity index (χ0) is 14.1. The van der Waals surface area contributed by atoms with Crippen LogP contribution < -0.4 is 0 Å². The van der Waals surface area contributed by atoms with Gasteiger partial charge in [0.25, 0.3) is 0 Å². The van der Waals surface area contributed by atoms with Gasteiger partial charge < -0.3 is 0 Å². The number of hydrogen-bond acceptors (Lipinski definition) is 2. The maximum atomic E-state index is 12.3. The predicted molar refractivity (Wildman–Crippen MR) is 74.4 cm³/mol. The Bertz CT molecular complexity index is 328. The molecule has 1 aliphatic rings. The summed E-state index contributed by atoms with van der Waals surface area (Å²) >= 11 is 0. The van der Waals surface area contributed by atoms with Crippen molar-refractivity contribution in [2.24, 2.45) is 22.7 Å². The molecule has 1 aliphatic carbocycles. The molecule has 0 aromatic carbocycles. The first kappa shape index (κ1) is 15.4. The van der Waals surface area contributed by atoms with Gasteiger partial charge in [-0.25, -0.2) is 0 Å².